The average molecular weight is 318 g/mol. The lowest BCUT2D eigenvalue weighted by Gasteiger charge is -2.21. The quantitative estimate of drug-likeness (QED) is 0.886. The van der Waals surface area contributed by atoms with Crippen molar-refractivity contribution in [3.63, 3.8) is 0 Å². The molecule has 1 amide bonds. The van der Waals surface area contributed by atoms with E-state index < -0.39 is 11.6 Å². The number of nitrogens with one attached hydrogen (secondary N) is 1. The van der Waals surface area contributed by atoms with Crippen LogP contribution in [0.15, 0.2) is 48.5 Å². The summed E-state index contributed by atoms with van der Waals surface area (Å²) in [5, 5.41) is 3.21. The van der Waals surface area contributed by atoms with E-state index in [4.69, 9.17) is 0 Å². The van der Waals surface area contributed by atoms with Crippen LogP contribution in [-0.4, -0.2) is 24.9 Å². The molecule has 0 bridgehead atoms. The van der Waals surface area contributed by atoms with Gasteiger partial charge in [0.05, 0.1) is 0 Å². The Balaban J connectivity index is 2.12. The molecule has 0 aromatic heterocycles. The molecule has 2 aromatic carbocycles. The summed E-state index contributed by atoms with van der Waals surface area (Å²) in [5.74, 6) is -1.23. The van der Waals surface area contributed by atoms with E-state index in [0.717, 1.165) is 11.6 Å². The Morgan fingerprint density at radius 1 is 1.09 bits per heavy atom. The van der Waals surface area contributed by atoms with Crippen LogP contribution >= 0.6 is 0 Å². The van der Waals surface area contributed by atoms with Crippen LogP contribution in [-0.2, 0) is 11.3 Å². The van der Waals surface area contributed by atoms with Crippen molar-refractivity contribution < 1.29 is 13.6 Å². The standard InChI is InChI=1S/C18H20F2N2O/c1-22(2)18(23)11-17(14-6-4-3-5-7-14)21-12-13-8-15(19)10-16(20)9-13/h3-10,17,21H,11-12H2,1-2H3. The molecule has 0 fully saturated rings. The van der Waals surface area contributed by atoms with E-state index in [9.17, 15) is 13.6 Å². The molecule has 2 aromatic rings. The minimum absolute atomic E-state index is 0.0169. The maximum Gasteiger partial charge on any atom is 0.223 e. The number of carbonyl (C=O) groups excluding carboxylic acids is 1. The summed E-state index contributed by atoms with van der Waals surface area (Å²) in [6.45, 7) is 0.273. The zero-order valence-corrected chi connectivity index (χ0v) is 13.2. The predicted octanol–water partition coefficient (Wildman–Crippen LogP) is 3.27. The Hall–Kier alpha value is -2.27. The van der Waals surface area contributed by atoms with Crippen LogP contribution in [0.1, 0.15) is 23.6 Å². The van der Waals surface area contributed by atoms with Gasteiger partial charge in [-0.3, -0.25) is 4.79 Å². The van der Waals surface area contributed by atoms with Gasteiger partial charge in [0.2, 0.25) is 5.91 Å². The van der Waals surface area contributed by atoms with Crippen molar-refractivity contribution in [1.82, 2.24) is 10.2 Å². The minimum atomic E-state index is -0.609. The predicted molar refractivity (Wildman–Crippen MR) is 85.7 cm³/mol. The number of nitrogens with zero attached hydrogens (tertiary/aromatic N) is 1. The normalized spacial score (nSPS) is 12.0. The third kappa shape index (κ3) is 5.14. The van der Waals surface area contributed by atoms with E-state index in [-0.39, 0.29) is 24.9 Å². The Labute approximate surface area is 134 Å². The fourth-order valence-electron chi connectivity index (χ4n) is 2.30. The number of halogens is 2. The molecule has 1 unspecified atom stereocenters. The van der Waals surface area contributed by atoms with Crippen molar-refractivity contribution in [1.29, 1.82) is 0 Å². The Morgan fingerprint density at radius 3 is 2.26 bits per heavy atom. The van der Waals surface area contributed by atoms with Crippen LogP contribution in [0.3, 0.4) is 0 Å². The Morgan fingerprint density at radius 2 is 1.70 bits per heavy atom. The molecule has 0 aliphatic carbocycles. The molecule has 5 heteroatoms. The highest BCUT2D eigenvalue weighted by molar-refractivity contribution is 5.76. The molecular formula is C18H20F2N2O. The fourth-order valence-corrected chi connectivity index (χ4v) is 2.30. The number of rotatable bonds is 6. The number of hydrogen-bond donors (Lipinski definition) is 1. The maximum atomic E-state index is 13.3. The molecule has 2 rings (SSSR count). The van der Waals surface area contributed by atoms with Gasteiger partial charge in [0, 0.05) is 39.2 Å². The van der Waals surface area contributed by atoms with Gasteiger partial charge in [0.25, 0.3) is 0 Å². The van der Waals surface area contributed by atoms with Crippen LogP contribution in [0.2, 0.25) is 0 Å². The molecular weight excluding hydrogens is 298 g/mol. The SMILES string of the molecule is CN(C)C(=O)CC(NCc1cc(F)cc(F)c1)c1ccccc1. The fraction of sp³-hybridized carbons (Fsp3) is 0.278. The van der Waals surface area contributed by atoms with Gasteiger partial charge in [-0.25, -0.2) is 8.78 Å². The summed E-state index contributed by atoms with van der Waals surface area (Å²) in [6, 6.07) is 12.7. The third-order valence-corrected chi connectivity index (χ3v) is 3.55. The second kappa shape index (κ2) is 7.83. The van der Waals surface area contributed by atoms with Gasteiger partial charge < -0.3 is 10.2 Å². The van der Waals surface area contributed by atoms with Crippen LogP contribution < -0.4 is 5.32 Å². The molecule has 122 valence electrons. The van der Waals surface area contributed by atoms with Crippen LogP contribution in [0, 0.1) is 11.6 Å². The van der Waals surface area contributed by atoms with Gasteiger partial charge in [-0.15, -0.1) is 0 Å². The highest BCUT2D eigenvalue weighted by Gasteiger charge is 2.17. The lowest BCUT2D eigenvalue weighted by atomic mass is 10.0. The van der Waals surface area contributed by atoms with Crippen molar-refractivity contribution in [2.75, 3.05) is 14.1 Å². The van der Waals surface area contributed by atoms with E-state index >= 15 is 0 Å². The first kappa shape index (κ1) is 17.1. The van der Waals surface area contributed by atoms with E-state index in [2.05, 4.69) is 5.32 Å². The molecule has 0 spiro atoms. The first-order chi connectivity index (χ1) is 11.0. The molecule has 23 heavy (non-hydrogen) atoms. The summed E-state index contributed by atoms with van der Waals surface area (Å²) >= 11 is 0. The third-order valence-electron chi connectivity index (χ3n) is 3.55. The molecule has 0 heterocycles. The van der Waals surface area contributed by atoms with Gasteiger partial charge in [-0.1, -0.05) is 30.3 Å². The smallest absolute Gasteiger partial charge is 0.223 e. The number of hydrogen-bond acceptors (Lipinski definition) is 2. The van der Waals surface area contributed by atoms with Crippen molar-refractivity contribution in [3.05, 3.63) is 71.3 Å². The second-order valence-electron chi connectivity index (χ2n) is 5.61. The summed E-state index contributed by atoms with van der Waals surface area (Å²) in [6.07, 6.45) is 0.273. The Bertz CT molecular complexity index is 639. The van der Waals surface area contributed by atoms with Gasteiger partial charge in [0.1, 0.15) is 11.6 Å². The van der Waals surface area contributed by atoms with E-state index in [1.54, 1.807) is 14.1 Å². The van der Waals surface area contributed by atoms with Gasteiger partial charge >= 0.3 is 0 Å². The number of carbonyl (C=O) groups is 1. The summed E-state index contributed by atoms with van der Waals surface area (Å²) in [5.41, 5.74) is 1.46. The summed E-state index contributed by atoms with van der Waals surface area (Å²) in [4.78, 5) is 13.5. The largest absolute Gasteiger partial charge is 0.349 e. The van der Waals surface area contributed by atoms with E-state index in [1.165, 1.54) is 17.0 Å². The minimum Gasteiger partial charge on any atom is -0.349 e. The Kier molecular flexibility index (Phi) is 5.82. The lowest BCUT2D eigenvalue weighted by Crippen LogP contribution is -2.29. The zero-order valence-electron chi connectivity index (χ0n) is 13.2. The first-order valence-electron chi connectivity index (χ1n) is 7.39. The molecule has 0 aliphatic heterocycles. The topological polar surface area (TPSA) is 32.3 Å². The van der Waals surface area contributed by atoms with Crippen molar-refractivity contribution in [2.45, 2.75) is 19.0 Å². The molecule has 3 nitrogen and oxygen atoms in total. The molecule has 0 aliphatic rings. The molecule has 0 saturated heterocycles. The summed E-state index contributed by atoms with van der Waals surface area (Å²) < 4.78 is 26.5. The van der Waals surface area contributed by atoms with Gasteiger partial charge in [-0.2, -0.15) is 0 Å². The zero-order chi connectivity index (χ0) is 16.8. The molecule has 0 radical (unpaired) electrons. The molecule has 1 N–H and O–H groups in total. The first-order valence-corrected chi connectivity index (χ1v) is 7.39. The van der Waals surface area contributed by atoms with Crippen molar-refractivity contribution >= 4 is 5.91 Å². The van der Waals surface area contributed by atoms with Crippen LogP contribution in [0.25, 0.3) is 0 Å². The lowest BCUT2D eigenvalue weighted by molar-refractivity contribution is -0.129. The summed E-state index contributed by atoms with van der Waals surface area (Å²) in [7, 11) is 3.40. The van der Waals surface area contributed by atoms with Crippen LogP contribution in [0.4, 0.5) is 8.78 Å². The van der Waals surface area contributed by atoms with Crippen molar-refractivity contribution in [3.8, 4) is 0 Å². The maximum absolute atomic E-state index is 13.3. The van der Waals surface area contributed by atoms with Crippen LogP contribution in [0.5, 0.6) is 0 Å². The highest BCUT2D eigenvalue weighted by Crippen LogP contribution is 2.18. The monoisotopic (exact) mass is 318 g/mol. The molecule has 1 atom stereocenters. The number of amides is 1. The highest BCUT2D eigenvalue weighted by atomic mass is 19.1. The van der Waals surface area contributed by atoms with Gasteiger partial charge in [-0.05, 0) is 23.3 Å². The number of benzene rings is 2. The van der Waals surface area contributed by atoms with Gasteiger partial charge in [0.15, 0.2) is 0 Å². The molecule has 0 saturated carbocycles. The average Bonchev–Trinajstić information content (AvgIpc) is 2.51. The van der Waals surface area contributed by atoms with E-state index in [0.29, 0.717) is 5.56 Å². The van der Waals surface area contributed by atoms with E-state index in [1.807, 2.05) is 30.3 Å². The second-order valence-corrected chi connectivity index (χ2v) is 5.61. The van der Waals surface area contributed by atoms with Crippen molar-refractivity contribution in [2.24, 2.45) is 0 Å².